The molecule has 5 N–H and O–H groups in total. The Kier molecular flexibility index (Phi) is 5.75. The Morgan fingerprint density at radius 1 is 1.25 bits per heavy atom. The first-order valence-corrected chi connectivity index (χ1v) is 5.64. The lowest BCUT2D eigenvalue weighted by molar-refractivity contribution is -0.00439. The topological polar surface area (TPSA) is 90.9 Å². The first-order chi connectivity index (χ1) is 7.20. The third-order valence-electron chi connectivity index (χ3n) is 3.08. The van der Waals surface area contributed by atoms with Crippen LogP contribution in [0.4, 0.5) is 0 Å². The molecule has 0 aliphatic rings. The molecule has 0 aliphatic carbocycles. The second kappa shape index (κ2) is 6.06. The maximum Gasteiger partial charge on any atom is 0.139 e. The summed E-state index contributed by atoms with van der Waals surface area (Å²) in [6.07, 6.45) is 2.39. The Morgan fingerprint density at radius 3 is 2.25 bits per heavy atom. The number of amidine groups is 1. The molecule has 0 bridgehead atoms. The van der Waals surface area contributed by atoms with Gasteiger partial charge in [-0.1, -0.05) is 5.16 Å². The van der Waals surface area contributed by atoms with Crippen molar-refractivity contribution in [1.82, 2.24) is 5.32 Å². The van der Waals surface area contributed by atoms with E-state index < -0.39 is 5.60 Å². The van der Waals surface area contributed by atoms with E-state index in [0.717, 1.165) is 19.4 Å². The van der Waals surface area contributed by atoms with Gasteiger partial charge in [-0.15, -0.1) is 0 Å². The molecule has 0 atom stereocenters. The molecule has 0 aromatic carbocycles. The second-order valence-corrected chi connectivity index (χ2v) is 5.16. The summed E-state index contributed by atoms with van der Waals surface area (Å²) >= 11 is 0. The molecule has 0 rings (SSSR count). The van der Waals surface area contributed by atoms with Gasteiger partial charge in [0.15, 0.2) is 0 Å². The highest BCUT2D eigenvalue weighted by Crippen LogP contribution is 2.20. The zero-order valence-electron chi connectivity index (χ0n) is 10.7. The van der Waals surface area contributed by atoms with E-state index in [0.29, 0.717) is 6.42 Å². The SMILES string of the molecule is CC(C)(O)C(C)(C)NCCCCC(N)=NO. The van der Waals surface area contributed by atoms with Crippen molar-refractivity contribution >= 4 is 5.84 Å². The van der Waals surface area contributed by atoms with Crippen LogP contribution in [0, 0.1) is 0 Å². The first kappa shape index (κ1) is 15.2. The lowest BCUT2D eigenvalue weighted by atomic mass is 9.86. The summed E-state index contributed by atoms with van der Waals surface area (Å²) in [6.45, 7) is 8.32. The molecule has 5 nitrogen and oxygen atoms in total. The predicted molar refractivity (Wildman–Crippen MR) is 65.6 cm³/mol. The molecule has 0 saturated heterocycles. The Balaban J connectivity index is 3.75. The van der Waals surface area contributed by atoms with Crippen LogP contribution in [0.5, 0.6) is 0 Å². The lowest BCUT2D eigenvalue weighted by Crippen LogP contribution is -2.56. The molecule has 0 radical (unpaired) electrons. The zero-order valence-corrected chi connectivity index (χ0v) is 10.7. The van der Waals surface area contributed by atoms with Crippen molar-refractivity contribution in [3.05, 3.63) is 0 Å². The van der Waals surface area contributed by atoms with E-state index in [1.165, 1.54) is 0 Å². The van der Waals surface area contributed by atoms with Gasteiger partial charge in [0, 0.05) is 12.0 Å². The molecule has 0 amide bonds. The number of nitrogens with zero attached hydrogens (tertiary/aromatic N) is 1. The van der Waals surface area contributed by atoms with Crippen LogP contribution in [0.2, 0.25) is 0 Å². The van der Waals surface area contributed by atoms with Gasteiger partial charge in [-0.3, -0.25) is 0 Å². The van der Waals surface area contributed by atoms with Gasteiger partial charge in [0.05, 0.1) is 5.60 Å². The smallest absolute Gasteiger partial charge is 0.139 e. The minimum Gasteiger partial charge on any atom is -0.409 e. The van der Waals surface area contributed by atoms with E-state index in [9.17, 15) is 5.11 Å². The van der Waals surface area contributed by atoms with Gasteiger partial charge < -0.3 is 21.4 Å². The maximum absolute atomic E-state index is 9.89. The molecule has 0 saturated carbocycles. The maximum atomic E-state index is 9.89. The Bertz CT molecular complexity index is 232. The molecule has 0 aromatic heterocycles. The minimum absolute atomic E-state index is 0.266. The normalized spacial score (nSPS) is 14.2. The first-order valence-electron chi connectivity index (χ1n) is 5.64. The molecule has 16 heavy (non-hydrogen) atoms. The highest BCUT2D eigenvalue weighted by atomic mass is 16.4. The summed E-state index contributed by atoms with van der Waals surface area (Å²) in [5.41, 5.74) is 4.25. The largest absolute Gasteiger partial charge is 0.409 e. The molecule has 0 heterocycles. The van der Waals surface area contributed by atoms with Crippen LogP contribution in [0.1, 0.15) is 47.0 Å². The lowest BCUT2D eigenvalue weighted by Gasteiger charge is -2.38. The average molecular weight is 231 g/mol. The van der Waals surface area contributed by atoms with Crippen LogP contribution in [-0.2, 0) is 0 Å². The fourth-order valence-electron chi connectivity index (χ4n) is 1.10. The molecule has 96 valence electrons. The molecule has 0 unspecified atom stereocenters. The van der Waals surface area contributed by atoms with Gasteiger partial charge in [0.1, 0.15) is 5.84 Å². The molecular formula is C11H25N3O2. The van der Waals surface area contributed by atoms with Gasteiger partial charge in [-0.2, -0.15) is 0 Å². The standard InChI is InChI=1S/C11H25N3O2/c1-10(2,11(3,4)15)13-8-6-5-7-9(12)14-16/h13,15-16H,5-8H2,1-4H3,(H2,12,14). The zero-order chi connectivity index (χ0) is 12.8. The van der Waals surface area contributed by atoms with Crippen molar-refractivity contribution in [2.45, 2.75) is 58.1 Å². The van der Waals surface area contributed by atoms with Gasteiger partial charge >= 0.3 is 0 Å². The number of unbranched alkanes of at least 4 members (excludes halogenated alkanes) is 1. The van der Waals surface area contributed by atoms with E-state index >= 15 is 0 Å². The summed E-state index contributed by atoms with van der Waals surface area (Å²) in [5.74, 6) is 0.266. The van der Waals surface area contributed by atoms with Gasteiger partial charge in [0.2, 0.25) is 0 Å². The van der Waals surface area contributed by atoms with Crippen molar-refractivity contribution in [1.29, 1.82) is 0 Å². The molecular weight excluding hydrogens is 206 g/mol. The summed E-state index contributed by atoms with van der Waals surface area (Å²) in [6, 6.07) is 0. The van der Waals surface area contributed by atoms with Crippen LogP contribution < -0.4 is 11.1 Å². The van der Waals surface area contributed by atoms with Crippen molar-refractivity contribution in [3.63, 3.8) is 0 Å². The summed E-state index contributed by atoms with van der Waals surface area (Å²) in [5, 5.41) is 24.4. The monoisotopic (exact) mass is 231 g/mol. The quantitative estimate of drug-likeness (QED) is 0.173. The molecule has 0 aromatic rings. The van der Waals surface area contributed by atoms with Crippen LogP contribution in [-0.4, -0.2) is 33.8 Å². The minimum atomic E-state index is -0.765. The van der Waals surface area contributed by atoms with Crippen LogP contribution in [0.3, 0.4) is 0 Å². The fraction of sp³-hybridized carbons (Fsp3) is 0.909. The van der Waals surface area contributed by atoms with Crippen LogP contribution >= 0.6 is 0 Å². The molecule has 0 spiro atoms. The average Bonchev–Trinajstić information content (AvgIpc) is 2.15. The predicted octanol–water partition coefficient (Wildman–Crippen LogP) is 1.04. The summed E-state index contributed by atoms with van der Waals surface area (Å²) in [7, 11) is 0. The summed E-state index contributed by atoms with van der Waals surface area (Å²) in [4.78, 5) is 0. The number of hydrogen-bond donors (Lipinski definition) is 4. The van der Waals surface area contributed by atoms with E-state index in [2.05, 4.69) is 10.5 Å². The summed E-state index contributed by atoms with van der Waals surface area (Å²) < 4.78 is 0. The fourth-order valence-corrected chi connectivity index (χ4v) is 1.10. The highest BCUT2D eigenvalue weighted by molar-refractivity contribution is 5.79. The third-order valence-corrected chi connectivity index (χ3v) is 3.08. The Morgan fingerprint density at radius 2 is 1.81 bits per heavy atom. The Hall–Kier alpha value is -0.810. The third kappa shape index (κ3) is 5.32. The van der Waals surface area contributed by atoms with E-state index in [1.807, 2.05) is 13.8 Å². The van der Waals surface area contributed by atoms with E-state index in [4.69, 9.17) is 10.9 Å². The number of rotatable bonds is 7. The molecule has 0 aliphatic heterocycles. The van der Waals surface area contributed by atoms with E-state index in [1.54, 1.807) is 13.8 Å². The van der Waals surface area contributed by atoms with Gasteiger partial charge in [-0.25, -0.2) is 0 Å². The molecule has 5 heteroatoms. The van der Waals surface area contributed by atoms with Gasteiger partial charge in [-0.05, 0) is 47.1 Å². The second-order valence-electron chi connectivity index (χ2n) is 5.16. The highest BCUT2D eigenvalue weighted by Gasteiger charge is 2.33. The Labute approximate surface area is 97.7 Å². The number of nitrogens with one attached hydrogen (secondary N) is 1. The number of nitrogens with two attached hydrogens (primary N) is 1. The number of aliphatic hydroxyl groups is 1. The van der Waals surface area contributed by atoms with Crippen molar-refractivity contribution in [3.8, 4) is 0 Å². The van der Waals surface area contributed by atoms with Crippen molar-refractivity contribution in [2.24, 2.45) is 10.9 Å². The van der Waals surface area contributed by atoms with E-state index in [-0.39, 0.29) is 11.4 Å². The van der Waals surface area contributed by atoms with Crippen molar-refractivity contribution < 1.29 is 10.3 Å². The van der Waals surface area contributed by atoms with Crippen molar-refractivity contribution in [2.75, 3.05) is 6.54 Å². The van der Waals surface area contributed by atoms with Crippen LogP contribution in [0.25, 0.3) is 0 Å². The van der Waals surface area contributed by atoms with Crippen LogP contribution in [0.15, 0.2) is 5.16 Å². The number of oxime groups is 1. The van der Waals surface area contributed by atoms with Gasteiger partial charge in [0.25, 0.3) is 0 Å². The number of hydrogen-bond acceptors (Lipinski definition) is 4. The molecule has 0 fully saturated rings.